The van der Waals surface area contributed by atoms with Gasteiger partial charge in [0.05, 0.1) is 18.0 Å². The molecule has 10 heteroatoms. The molecule has 0 bridgehead atoms. The van der Waals surface area contributed by atoms with Crippen molar-refractivity contribution < 1.29 is 9.53 Å². The first-order chi connectivity index (χ1) is 17.4. The quantitative estimate of drug-likeness (QED) is 0.349. The number of benzene rings is 1. The second-order valence-electron chi connectivity index (χ2n) is 8.95. The number of aryl methyl sites for hydroxylation is 1. The summed E-state index contributed by atoms with van der Waals surface area (Å²) in [6.45, 7) is 6.44. The number of nitrogens with one attached hydrogen (secondary N) is 1. The molecule has 0 atom stereocenters. The average molecular weight is 506 g/mol. The van der Waals surface area contributed by atoms with Crippen molar-refractivity contribution >= 4 is 34.4 Å². The summed E-state index contributed by atoms with van der Waals surface area (Å²) in [4.78, 5) is 20.4. The van der Waals surface area contributed by atoms with Crippen LogP contribution in [0.3, 0.4) is 0 Å². The zero-order chi connectivity index (χ0) is 25.4. The maximum Gasteiger partial charge on any atom is 0.341 e. The minimum absolute atomic E-state index is 0.287. The van der Waals surface area contributed by atoms with Crippen LogP contribution in [-0.2, 0) is 11.3 Å². The lowest BCUT2D eigenvalue weighted by molar-refractivity contribution is 0.0524. The predicted molar refractivity (Wildman–Crippen MR) is 140 cm³/mol. The molecular formula is C26H28ClN7O2. The second-order valence-corrected chi connectivity index (χ2v) is 9.39. The molecule has 3 aromatic heterocycles. The molecule has 0 unspecified atom stereocenters. The Kier molecular flexibility index (Phi) is 6.40. The van der Waals surface area contributed by atoms with Gasteiger partial charge in [0.25, 0.3) is 0 Å². The van der Waals surface area contributed by atoms with Gasteiger partial charge in [-0.2, -0.15) is 10.2 Å². The lowest BCUT2D eigenvalue weighted by Crippen LogP contribution is -2.08. The third-order valence-electron chi connectivity index (χ3n) is 6.22. The van der Waals surface area contributed by atoms with E-state index in [-0.39, 0.29) is 6.61 Å². The van der Waals surface area contributed by atoms with E-state index in [4.69, 9.17) is 27.2 Å². The van der Waals surface area contributed by atoms with E-state index in [0.717, 1.165) is 28.8 Å². The molecule has 9 nitrogen and oxygen atoms in total. The van der Waals surface area contributed by atoms with Crippen molar-refractivity contribution in [3.63, 3.8) is 0 Å². The highest BCUT2D eigenvalue weighted by Crippen LogP contribution is 2.33. The summed E-state index contributed by atoms with van der Waals surface area (Å²) in [5.74, 6) is 1.04. The van der Waals surface area contributed by atoms with Crippen molar-refractivity contribution in [2.24, 2.45) is 5.92 Å². The van der Waals surface area contributed by atoms with Crippen molar-refractivity contribution in [1.82, 2.24) is 29.5 Å². The highest BCUT2D eigenvalue weighted by molar-refractivity contribution is 6.30. The summed E-state index contributed by atoms with van der Waals surface area (Å²) in [6.07, 6.45) is 4.09. The van der Waals surface area contributed by atoms with Crippen LogP contribution in [0.5, 0.6) is 0 Å². The van der Waals surface area contributed by atoms with Gasteiger partial charge < -0.3 is 15.5 Å². The first-order valence-corrected chi connectivity index (χ1v) is 12.3. The number of nitrogens with zero attached hydrogens (tertiary/aromatic N) is 5. The van der Waals surface area contributed by atoms with Crippen molar-refractivity contribution in [1.29, 1.82) is 0 Å². The Balaban J connectivity index is 1.69. The van der Waals surface area contributed by atoms with Crippen LogP contribution in [0.4, 0.5) is 5.82 Å². The number of nitrogen functional groups attached to an aromatic ring is 1. The lowest BCUT2D eigenvalue weighted by atomic mass is 10.1. The van der Waals surface area contributed by atoms with Crippen LogP contribution in [0, 0.1) is 19.8 Å². The summed E-state index contributed by atoms with van der Waals surface area (Å²) in [7, 11) is 0. The molecule has 0 amide bonds. The van der Waals surface area contributed by atoms with Crippen LogP contribution in [0.15, 0.2) is 42.6 Å². The first-order valence-electron chi connectivity index (χ1n) is 11.9. The van der Waals surface area contributed by atoms with E-state index < -0.39 is 5.97 Å². The van der Waals surface area contributed by atoms with Gasteiger partial charge in [0.2, 0.25) is 0 Å². The Morgan fingerprint density at radius 2 is 1.94 bits per heavy atom. The second kappa shape index (κ2) is 9.66. The van der Waals surface area contributed by atoms with Crippen LogP contribution in [-0.4, -0.2) is 42.1 Å². The molecule has 3 heterocycles. The number of H-pyrrole nitrogens is 1. The fraction of sp³-hybridized carbons (Fsp3) is 0.308. The maximum atomic E-state index is 12.5. The van der Waals surface area contributed by atoms with Gasteiger partial charge in [-0.15, -0.1) is 0 Å². The van der Waals surface area contributed by atoms with Crippen LogP contribution in [0.25, 0.3) is 28.1 Å². The van der Waals surface area contributed by atoms with Crippen molar-refractivity contribution in [2.75, 3.05) is 12.3 Å². The van der Waals surface area contributed by atoms with Crippen LogP contribution >= 0.6 is 11.6 Å². The fourth-order valence-electron chi connectivity index (χ4n) is 4.28. The van der Waals surface area contributed by atoms with Crippen molar-refractivity contribution in [2.45, 2.75) is 40.2 Å². The van der Waals surface area contributed by atoms with Gasteiger partial charge in [0.15, 0.2) is 5.82 Å². The average Bonchev–Trinajstić information content (AvgIpc) is 3.51. The molecule has 1 saturated carbocycles. The van der Waals surface area contributed by atoms with Gasteiger partial charge in [0, 0.05) is 34.8 Å². The third kappa shape index (κ3) is 4.66. The largest absolute Gasteiger partial charge is 0.462 e. The standard InChI is InChI=1S/C26H28ClN7O2/c1-4-36-26(35)23-15(2)31-34(16(23)3)22-13-21(28)30-25-20(11-12-29-22)24(18-7-9-19(27)10-8-18)32-33(25)14-17-5-6-17/h7-13,17,30H,4-6,14,28H2,1-3H3. The molecule has 1 aliphatic carbocycles. The van der Waals surface area contributed by atoms with Gasteiger partial charge in [-0.1, -0.05) is 23.7 Å². The van der Waals surface area contributed by atoms with E-state index >= 15 is 0 Å². The van der Waals surface area contributed by atoms with E-state index in [1.807, 2.05) is 41.9 Å². The number of carbonyl (C=O) groups excluding carboxylic acids is 1. The van der Waals surface area contributed by atoms with E-state index in [0.29, 0.717) is 39.5 Å². The number of anilines is 1. The molecule has 0 radical (unpaired) electrons. The number of halogens is 1. The molecule has 36 heavy (non-hydrogen) atoms. The minimum atomic E-state index is -0.409. The molecule has 5 rings (SSSR count). The number of hydrogen-bond donors (Lipinski definition) is 2. The highest BCUT2D eigenvalue weighted by Gasteiger charge is 2.24. The Morgan fingerprint density at radius 3 is 2.64 bits per heavy atom. The first kappa shape index (κ1) is 23.9. The SMILES string of the molecule is CCOC(=O)c1c(C)nn(-c2cc(N)[nH]c3c(ccn2)c(-c2ccc(Cl)cc2)nn3CC2CC2)c1C. The topological polar surface area (TPSA) is 117 Å². The predicted octanol–water partition coefficient (Wildman–Crippen LogP) is 5.18. The van der Waals surface area contributed by atoms with Gasteiger partial charge in [-0.05, 0) is 57.7 Å². The number of aromatic amines is 1. The Labute approximate surface area is 213 Å². The van der Waals surface area contributed by atoms with Crippen molar-refractivity contribution in [3.8, 4) is 17.1 Å². The molecule has 1 fully saturated rings. The van der Waals surface area contributed by atoms with E-state index in [9.17, 15) is 4.79 Å². The molecule has 3 N–H and O–H groups in total. The molecule has 0 saturated heterocycles. The van der Waals surface area contributed by atoms with Crippen molar-refractivity contribution in [3.05, 3.63) is 64.6 Å². The minimum Gasteiger partial charge on any atom is -0.462 e. The monoisotopic (exact) mass is 505 g/mol. The van der Waals surface area contributed by atoms with Gasteiger partial charge in [-0.3, -0.25) is 0 Å². The number of ether oxygens (including phenoxy) is 1. The van der Waals surface area contributed by atoms with Gasteiger partial charge in [0.1, 0.15) is 22.7 Å². The highest BCUT2D eigenvalue weighted by atomic mass is 35.5. The zero-order valence-corrected chi connectivity index (χ0v) is 21.2. The van der Waals surface area contributed by atoms with E-state index in [1.54, 1.807) is 30.8 Å². The van der Waals surface area contributed by atoms with Crippen LogP contribution in [0.1, 0.15) is 41.5 Å². The molecular weight excluding hydrogens is 478 g/mol. The van der Waals surface area contributed by atoms with E-state index in [1.165, 1.54) is 12.8 Å². The summed E-state index contributed by atoms with van der Waals surface area (Å²) in [5, 5.41) is 11.0. The molecule has 0 aliphatic heterocycles. The molecule has 186 valence electrons. The number of aromatic nitrogens is 6. The van der Waals surface area contributed by atoms with Gasteiger partial charge >= 0.3 is 5.97 Å². The fourth-order valence-corrected chi connectivity index (χ4v) is 4.41. The Bertz CT molecular complexity index is 1490. The molecule has 0 spiro atoms. The zero-order valence-electron chi connectivity index (χ0n) is 20.5. The van der Waals surface area contributed by atoms with Gasteiger partial charge in [-0.25, -0.2) is 19.1 Å². The summed E-state index contributed by atoms with van der Waals surface area (Å²) in [5.41, 5.74) is 10.6. The lowest BCUT2D eigenvalue weighted by Gasteiger charge is -2.04. The van der Waals surface area contributed by atoms with Crippen LogP contribution < -0.4 is 5.73 Å². The smallest absolute Gasteiger partial charge is 0.341 e. The van der Waals surface area contributed by atoms with Crippen LogP contribution in [0.2, 0.25) is 5.02 Å². The number of carbonyl (C=O) groups is 1. The summed E-state index contributed by atoms with van der Waals surface area (Å²) < 4.78 is 8.79. The van der Waals surface area contributed by atoms with E-state index in [2.05, 4.69) is 15.1 Å². The summed E-state index contributed by atoms with van der Waals surface area (Å²) in [6, 6.07) is 11.2. The molecule has 1 aliphatic rings. The normalized spacial score (nSPS) is 13.1. The maximum absolute atomic E-state index is 12.5. The number of rotatable bonds is 6. The Hall–Kier alpha value is -3.85. The summed E-state index contributed by atoms with van der Waals surface area (Å²) >= 11 is 6.12. The molecule has 1 aromatic carbocycles. The number of fused-ring (bicyclic) bond motifs is 1. The number of hydrogen-bond acceptors (Lipinski definition) is 6. The number of nitrogens with two attached hydrogens (primary N) is 1. The molecule has 4 aromatic rings. The Morgan fingerprint density at radius 1 is 1.19 bits per heavy atom. The third-order valence-corrected chi connectivity index (χ3v) is 6.47. The number of esters is 1.